The smallest absolute Gasteiger partial charge is 0.332 e. The van der Waals surface area contributed by atoms with Crippen molar-refractivity contribution < 1.29 is 9.18 Å². The molecule has 2 aromatic heterocycles. The summed E-state index contributed by atoms with van der Waals surface area (Å²) in [6.45, 7) is 1.03. The molecule has 0 aliphatic rings. The molecule has 1 N–H and O–H groups in total. The Kier molecular flexibility index (Phi) is 7.09. The lowest BCUT2D eigenvalue weighted by Gasteiger charge is -2.07. The zero-order chi connectivity index (χ0) is 21.7. The molecule has 0 saturated heterocycles. The highest BCUT2D eigenvalue weighted by Crippen LogP contribution is 2.18. The van der Waals surface area contributed by atoms with Crippen LogP contribution in [-0.2, 0) is 25.4 Å². The van der Waals surface area contributed by atoms with Crippen molar-refractivity contribution in [2.75, 3.05) is 12.3 Å². The number of carbonyl (C=O) groups excluding carboxylic acids is 1. The van der Waals surface area contributed by atoms with Crippen molar-refractivity contribution >= 4 is 28.8 Å². The normalized spacial score (nSPS) is 11.2. The highest BCUT2D eigenvalue weighted by molar-refractivity contribution is 7.99. The van der Waals surface area contributed by atoms with E-state index in [0.717, 1.165) is 21.6 Å². The summed E-state index contributed by atoms with van der Waals surface area (Å²) in [7, 11) is 3.01. The van der Waals surface area contributed by atoms with E-state index >= 15 is 0 Å². The number of rotatable bonds is 9. The van der Waals surface area contributed by atoms with Crippen LogP contribution in [0.15, 0.2) is 45.1 Å². The van der Waals surface area contributed by atoms with Crippen molar-refractivity contribution in [3.05, 3.63) is 57.2 Å². The molecule has 8 nitrogen and oxygen atoms in total. The minimum atomic E-state index is -0.422. The Bertz CT molecular complexity index is 1150. The summed E-state index contributed by atoms with van der Waals surface area (Å²) in [6.07, 6.45) is 3.21. The van der Waals surface area contributed by atoms with Crippen LogP contribution in [0.4, 0.5) is 4.39 Å². The molecular weight excluding hydrogens is 409 g/mol. The van der Waals surface area contributed by atoms with E-state index in [1.54, 1.807) is 35.5 Å². The fourth-order valence-corrected chi connectivity index (χ4v) is 3.94. The van der Waals surface area contributed by atoms with Gasteiger partial charge in [0, 0.05) is 38.5 Å². The van der Waals surface area contributed by atoms with Gasteiger partial charge in [-0.1, -0.05) is 0 Å². The number of amides is 1. The van der Waals surface area contributed by atoms with Crippen LogP contribution in [0, 0.1) is 5.82 Å². The van der Waals surface area contributed by atoms with Crippen LogP contribution in [0.1, 0.15) is 19.3 Å². The minimum absolute atomic E-state index is 0.0495. The zero-order valence-electron chi connectivity index (χ0n) is 16.9. The van der Waals surface area contributed by atoms with Crippen molar-refractivity contribution in [1.82, 2.24) is 24.0 Å². The molecule has 160 valence electrons. The number of nitrogens with one attached hydrogen (secondary N) is 1. The van der Waals surface area contributed by atoms with Gasteiger partial charge in [-0.25, -0.2) is 14.2 Å². The van der Waals surface area contributed by atoms with Crippen LogP contribution in [0.2, 0.25) is 0 Å². The molecule has 0 radical (unpaired) electrons. The summed E-state index contributed by atoms with van der Waals surface area (Å²) in [5.74, 6) is 0.529. The summed E-state index contributed by atoms with van der Waals surface area (Å²) < 4.78 is 16.9. The Labute approximate surface area is 176 Å². The molecule has 10 heteroatoms. The Morgan fingerprint density at radius 3 is 2.60 bits per heavy atom. The Morgan fingerprint density at radius 2 is 1.87 bits per heavy atom. The number of aromatic nitrogens is 4. The molecule has 2 heterocycles. The number of halogens is 1. The molecule has 1 amide bonds. The molecule has 30 heavy (non-hydrogen) atoms. The molecule has 3 rings (SSSR count). The van der Waals surface area contributed by atoms with Crippen LogP contribution in [0.5, 0.6) is 0 Å². The lowest BCUT2D eigenvalue weighted by Crippen LogP contribution is -2.37. The van der Waals surface area contributed by atoms with E-state index in [2.05, 4.69) is 10.3 Å². The van der Waals surface area contributed by atoms with Gasteiger partial charge in [0.1, 0.15) is 5.82 Å². The van der Waals surface area contributed by atoms with E-state index in [1.807, 2.05) is 0 Å². The number of aryl methyl sites for hydroxylation is 2. The molecule has 0 bridgehead atoms. The molecular formula is C20H24FN5O3S. The highest BCUT2D eigenvalue weighted by atomic mass is 32.2. The topological polar surface area (TPSA) is 90.9 Å². The van der Waals surface area contributed by atoms with Crippen LogP contribution in [0.3, 0.4) is 0 Å². The van der Waals surface area contributed by atoms with E-state index < -0.39 is 11.2 Å². The highest BCUT2D eigenvalue weighted by Gasteiger charge is 2.14. The van der Waals surface area contributed by atoms with Crippen molar-refractivity contribution in [3.8, 4) is 0 Å². The number of nitrogens with zero attached hydrogens (tertiary/aromatic N) is 4. The number of hydrogen-bond donors (Lipinski definition) is 1. The van der Waals surface area contributed by atoms with E-state index in [0.29, 0.717) is 37.1 Å². The molecule has 0 unspecified atom stereocenters. The van der Waals surface area contributed by atoms with Crippen LogP contribution in [0.25, 0.3) is 11.2 Å². The molecule has 1 aromatic carbocycles. The molecule has 0 aliphatic heterocycles. The molecule has 0 spiro atoms. The lowest BCUT2D eigenvalue weighted by molar-refractivity contribution is -0.121. The first-order valence-corrected chi connectivity index (χ1v) is 10.6. The molecule has 0 aliphatic carbocycles. The lowest BCUT2D eigenvalue weighted by atomic mass is 10.3. The largest absolute Gasteiger partial charge is 0.356 e. The summed E-state index contributed by atoms with van der Waals surface area (Å²) in [4.78, 5) is 41.6. The second-order valence-corrected chi connectivity index (χ2v) is 8.09. The third-order valence-corrected chi connectivity index (χ3v) is 5.84. The number of hydrogen-bond acceptors (Lipinski definition) is 5. The van der Waals surface area contributed by atoms with Gasteiger partial charge >= 0.3 is 5.69 Å². The van der Waals surface area contributed by atoms with Gasteiger partial charge in [-0.3, -0.25) is 18.7 Å². The second-order valence-electron chi connectivity index (χ2n) is 6.93. The standard InChI is InChI=1S/C20H24FN5O3S/c1-24-18-17(19(28)25(2)20(24)29)26(13-23-18)11-3-5-16(27)22-10-4-12-30-15-8-6-14(21)7-9-15/h6-9,13H,3-5,10-12H2,1-2H3,(H,22,27). The van der Waals surface area contributed by atoms with E-state index in [4.69, 9.17) is 0 Å². The molecule has 3 aromatic rings. The van der Waals surface area contributed by atoms with Gasteiger partial charge in [0.15, 0.2) is 11.2 Å². The SMILES string of the molecule is Cn1c(=O)c2c(ncn2CCCC(=O)NCCCSc2ccc(F)cc2)n(C)c1=O. The predicted molar refractivity (Wildman–Crippen MR) is 114 cm³/mol. The fourth-order valence-electron chi connectivity index (χ4n) is 3.09. The van der Waals surface area contributed by atoms with E-state index in [-0.39, 0.29) is 11.7 Å². The molecule has 0 fully saturated rings. The number of thioether (sulfide) groups is 1. The first-order chi connectivity index (χ1) is 14.4. The van der Waals surface area contributed by atoms with Gasteiger partial charge in [0.25, 0.3) is 5.56 Å². The van der Waals surface area contributed by atoms with E-state index in [9.17, 15) is 18.8 Å². The number of fused-ring (bicyclic) bond motifs is 1. The van der Waals surface area contributed by atoms with Crippen LogP contribution in [-0.4, -0.2) is 36.9 Å². The van der Waals surface area contributed by atoms with Gasteiger partial charge in [-0.2, -0.15) is 0 Å². The van der Waals surface area contributed by atoms with Gasteiger partial charge < -0.3 is 9.88 Å². The van der Waals surface area contributed by atoms with Crippen LogP contribution < -0.4 is 16.6 Å². The van der Waals surface area contributed by atoms with Gasteiger partial charge in [0.2, 0.25) is 5.91 Å². The predicted octanol–water partition coefficient (Wildman–Crippen LogP) is 1.65. The summed E-state index contributed by atoms with van der Waals surface area (Å²) in [6, 6.07) is 6.35. The third kappa shape index (κ3) is 4.99. The Balaban J connectivity index is 1.42. The zero-order valence-corrected chi connectivity index (χ0v) is 17.7. The van der Waals surface area contributed by atoms with Crippen molar-refractivity contribution in [3.63, 3.8) is 0 Å². The maximum Gasteiger partial charge on any atom is 0.332 e. The van der Waals surface area contributed by atoms with Gasteiger partial charge in [-0.05, 0) is 42.9 Å². The van der Waals surface area contributed by atoms with Gasteiger partial charge in [-0.15, -0.1) is 11.8 Å². The average Bonchev–Trinajstić information content (AvgIpc) is 3.16. The number of carbonyl (C=O) groups is 1. The van der Waals surface area contributed by atoms with Crippen LogP contribution >= 0.6 is 11.8 Å². The third-order valence-electron chi connectivity index (χ3n) is 4.75. The quantitative estimate of drug-likeness (QED) is 0.409. The summed E-state index contributed by atoms with van der Waals surface area (Å²) >= 11 is 1.62. The summed E-state index contributed by atoms with van der Waals surface area (Å²) in [5, 5.41) is 2.88. The van der Waals surface area contributed by atoms with Gasteiger partial charge in [0.05, 0.1) is 6.33 Å². The average molecular weight is 434 g/mol. The second kappa shape index (κ2) is 9.75. The maximum absolute atomic E-state index is 12.9. The number of imidazole rings is 1. The van der Waals surface area contributed by atoms with Crippen molar-refractivity contribution in [2.24, 2.45) is 14.1 Å². The molecule has 0 saturated carbocycles. The maximum atomic E-state index is 12.9. The van der Waals surface area contributed by atoms with Crippen molar-refractivity contribution in [2.45, 2.75) is 30.7 Å². The molecule has 0 atom stereocenters. The first-order valence-electron chi connectivity index (χ1n) is 9.64. The monoisotopic (exact) mass is 433 g/mol. The minimum Gasteiger partial charge on any atom is -0.356 e. The fraction of sp³-hybridized carbons (Fsp3) is 0.400. The Hall–Kier alpha value is -2.88. The van der Waals surface area contributed by atoms with Crippen molar-refractivity contribution in [1.29, 1.82) is 0 Å². The van der Waals surface area contributed by atoms with E-state index in [1.165, 1.54) is 30.1 Å². The Morgan fingerprint density at radius 1 is 1.13 bits per heavy atom. The first kappa shape index (κ1) is 21.8. The summed E-state index contributed by atoms with van der Waals surface area (Å²) in [5.41, 5.74) is -0.118. The number of benzene rings is 1.